The van der Waals surface area contributed by atoms with E-state index in [1.54, 1.807) is 19.2 Å². The minimum absolute atomic E-state index is 0.162. The van der Waals surface area contributed by atoms with E-state index in [-0.39, 0.29) is 5.69 Å². The van der Waals surface area contributed by atoms with Crippen LogP contribution in [0.2, 0.25) is 0 Å². The molecule has 4 heteroatoms. The fourth-order valence-corrected chi connectivity index (χ4v) is 1.93. The summed E-state index contributed by atoms with van der Waals surface area (Å²) in [5, 5.41) is 0. The zero-order valence-corrected chi connectivity index (χ0v) is 11.1. The van der Waals surface area contributed by atoms with Crippen LogP contribution < -0.4 is 15.4 Å². The van der Waals surface area contributed by atoms with Gasteiger partial charge in [0.05, 0.1) is 12.8 Å². The molecule has 0 saturated carbocycles. The summed E-state index contributed by atoms with van der Waals surface area (Å²) >= 11 is 0. The molecular formula is C15H17FN2O. The predicted molar refractivity (Wildman–Crippen MR) is 75.9 cm³/mol. The highest BCUT2D eigenvalue weighted by molar-refractivity contribution is 5.54. The molecule has 100 valence electrons. The van der Waals surface area contributed by atoms with E-state index in [2.05, 4.69) is 0 Å². The summed E-state index contributed by atoms with van der Waals surface area (Å²) in [7, 11) is 3.54. The molecular weight excluding hydrogens is 243 g/mol. The van der Waals surface area contributed by atoms with Crippen molar-refractivity contribution in [3.8, 4) is 5.75 Å². The topological polar surface area (TPSA) is 38.5 Å². The van der Waals surface area contributed by atoms with Crippen LogP contribution in [0, 0.1) is 5.82 Å². The number of halogens is 1. The number of ether oxygens (including phenoxy) is 1. The highest BCUT2D eigenvalue weighted by atomic mass is 19.1. The van der Waals surface area contributed by atoms with Crippen molar-refractivity contribution in [2.45, 2.75) is 6.54 Å². The summed E-state index contributed by atoms with van der Waals surface area (Å²) in [5.41, 5.74) is 7.46. The van der Waals surface area contributed by atoms with Crippen molar-refractivity contribution < 1.29 is 9.13 Å². The summed E-state index contributed by atoms with van der Waals surface area (Å²) < 4.78 is 18.8. The average Bonchev–Trinajstić information content (AvgIpc) is 2.42. The summed E-state index contributed by atoms with van der Waals surface area (Å²) in [6.07, 6.45) is 0. The summed E-state index contributed by atoms with van der Waals surface area (Å²) in [6.45, 7) is 0.632. The van der Waals surface area contributed by atoms with Gasteiger partial charge < -0.3 is 15.4 Å². The van der Waals surface area contributed by atoms with E-state index in [4.69, 9.17) is 10.5 Å². The number of rotatable bonds is 4. The van der Waals surface area contributed by atoms with E-state index in [1.165, 1.54) is 6.07 Å². The van der Waals surface area contributed by atoms with Crippen LogP contribution >= 0.6 is 0 Å². The third-order valence-electron chi connectivity index (χ3n) is 3.02. The first-order chi connectivity index (χ1) is 9.11. The van der Waals surface area contributed by atoms with Crippen molar-refractivity contribution in [3.05, 3.63) is 53.8 Å². The van der Waals surface area contributed by atoms with E-state index in [0.29, 0.717) is 6.54 Å². The fourth-order valence-electron chi connectivity index (χ4n) is 1.93. The molecule has 0 aliphatic rings. The van der Waals surface area contributed by atoms with Crippen molar-refractivity contribution in [2.75, 3.05) is 24.8 Å². The zero-order valence-electron chi connectivity index (χ0n) is 11.1. The average molecular weight is 260 g/mol. The van der Waals surface area contributed by atoms with Gasteiger partial charge in [-0.1, -0.05) is 18.2 Å². The second-order valence-electron chi connectivity index (χ2n) is 4.37. The van der Waals surface area contributed by atoms with Gasteiger partial charge in [0.2, 0.25) is 0 Å². The maximum absolute atomic E-state index is 13.4. The van der Waals surface area contributed by atoms with Gasteiger partial charge in [0, 0.05) is 24.8 Å². The van der Waals surface area contributed by atoms with Crippen molar-refractivity contribution in [3.63, 3.8) is 0 Å². The second-order valence-corrected chi connectivity index (χ2v) is 4.37. The number of hydrogen-bond acceptors (Lipinski definition) is 3. The third kappa shape index (κ3) is 2.96. The molecule has 2 N–H and O–H groups in total. The number of nitrogens with zero attached hydrogens (tertiary/aromatic N) is 1. The highest BCUT2D eigenvalue weighted by Gasteiger charge is 2.08. The Morgan fingerprint density at radius 3 is 2.63 bits per heavy atom. The molecule has 0 aliphatic carbocycles. The molecule has 0 atom stereocenters. The van der Waals surface area contributed by atoms with E-state index in [0.717, 1.165) is 17.0 Å². The first-order valence-electron chi connectivity index (χ1n) is 6.00. The van der Waals surface area contributed by atoms with Crippen LogP contribution in [0.25, 0.3) is 0 Å². The Morgan fingerprint density at radius 2 is 1.95 bits per heavy atom. The molecule has 2 rings (SSSR count). The maximum atomic E-state index is 13.4. The zero-order chi connectivity index (χ0) is 13.8. The number of benzene rings is 2. The maximum Gasteiger partial charge on any atom is 0.148 e. The van der Waals surface area contributed by atoms with Crippen LogP contribution in [0.4, 0.5) is 15.8 Å². The Kier molecular flexibility index (Phi) is 3.90. The standard InChI is InChI=1S/C15H17FN2O/c1-18(12-7-8-14(17)13(16)9-12)10-11-5-3-4-6-15(11)19-2/h3-9H,10,17H2,1-2H3. The summed E-state index contributed by atoms with van der Waals surface area (Å²) in [6, 6.07) is 12.6. The lowest BCUT2D eigenvalue weighted by atomic mass is 10.1. The molecule has 19 heavy (non-hydrogen) atoms. The lowest BCUT2D eigenvalue weighted by Gasteiger charge is -2.21. The summed E-state index contributed by atoms with van der Waals surface area (Å²) in [5.74, 6) is 0.426. The first kappa shape index (κ1) is 13.2. The Hall–Kier alpha value is -2.23. The largest absolute Gasteiger partial charge is 0.496 e. The Morgan fingerprint density at radius 1 is 1.21 bits per heavy atom. The number of hydrogen-bond donors (Lipinski definition) is 1. The van der Waals surface area contributed by atoms with E-state index in [9.17, 15) is 4.39 Å². The highest BCUT2D eigenvalue weighted by Crippen LogP contribution is 2.24. The lowest BCUT2D eigenvalue weighted by molar-refractivity contribution is 0.409. The normalized spacial score (nSPS) is 10.3. The Labute approximate surface area is 112 Å². The van der Waals surface area contributed by atoms with Gasteiger partial charge in [-0.3, -0.25) is 0 Å². The number of anilines is 2. The minimum Gasteiger partial charge on any atom is -0.496 e. The summed E-state index contributed by atoms with van der Waals surface area (Å²) in [4.78, 5) is 1.94. The minimum atomic E-state index is -0.399. The SMILES string of the molecule is COc1ccccc1CN(C)c1ccc(N)c(F)c1. The van der Waals surface area contributed by atoms with Crippen molar-refractivity contribution in [1.29, 1.82) is 0 Å². The number of nitrogen functional groups attached to an aromatic ring is 1. The first-order valence-corrected chi connectivity index (χ1v) is 6.00. The molecule has 0 saturated heterocycles. The van der Waals surface area contributed by atoms with Gasteiger partial charge in [-0.2, -0.15) is 0 Å². The Balaban J connectivity index is 2.20. The lowest BCUT2D eigenvalue weighted by Crippen LogP contribution is -2.17. The van der Waals surface area contributed by atoms with Gasteiger partial charge in [-0.05, 0) is 24.3 Å². The molecule has 2 aromatic carbocycles. The van der Waals surface area contributed by atoms with E-state index in [1.807, 2.05) is 36.2 Å². The fraction of sp³-hybridized carbons (Fsp3) is 0.200. The molecule has 0 bridgehead atoms. The third-order valence-corrected chi connectivity index (χ3v) is 3.02. The van der Waals surface area contributed by atoms with Gasteiger partial charge in [-0.15, -0.1) is 0 Å². The van der Waals surface area contributed by atoms with Crippen molar-refractivity contribution in [1.82, 2.24) is 0 Å². The molecule has 0 aliphatic heterocycles. The van der Waals surface area contributed by atoms with E-state index >= 15 is 0 Å². The van der Waals surface area contributed by atoms with Crippen LogP contribution in [0.1, 0.15) is 5.56 Å². The molecule has 0 aromatic heterocycles. The van der Waals surface area contributed by atoms with Gasteiger partial charge in [0.1, 0.15) is 11.6 Å². The molecule has 2 aromatic rings. The molecule has 0 spiro atoms. The number of methoxy groups -OCH3 is 1. The van der Waals surface area contributed by atoms with Crippen molar-refractivity contribution in [2.24, 2.45) is 0 Å². The Bertz CT molecular complexity index is 572. The van der Waals surface area contributed by atoms with Crippen LogP contribution in [-0.4, -0.2) is 14.2 Å². The molecule has 0 radical (unpaired) electrons. The molecule has 0 fully saturated rings. The van der Waals surface area contributed by atoms with Crippen LogP contribution in [0.15, 0.2) is 42.5 Å². The van der Waals surface area contributed by atoms with Gasteiger partial charge in [0.15, 0.2) is 0 Å². The van der Waals surface area contributed by atoms with Crippen molar-refractivity contribution >= 4 is 11.4 Å². The van der Waals surface area contributed by atoms with Gasteiger partial charge in [-0.25, -0.2) is 4.39 Å². The monoisotopic (exact) mass is 260 g/mol. The number of para-hydroxylation sites is 1. The molecule has 3 nitrogen and oxygen atoms in total. The van der Waals surface area contributed by atoms with E-state index < -0.39 is 5.82 Å². The predicted octanol–water partition coefficient (Wildman–Crippen LogP) is 3.05. The number of nitrogens with two attached hydrogens (primary N) is 1. The van der Waals surface area contributed by atoms with Crippen LogP contribution in [-0.2, 0) is 6.54 Å². The second kappa shape index (κ2) is 5.61. The molecule has 0 amide bonds. The smallest absolute Gasteiger partial charge is 0.148 e. The van der Waals surface area contributed by atoms with Crippen LogP contribution in [0.5, 0.6) is 5.75 Å². The quantitative estimate of drug-likeness (QED) is 0.859. The van der Waals surface area contributed by atoms with Gasteiger partial charge in [0.25, 0.3) is 0 Å². The molecule has 0 heterocycles. The van der Waals surface area contributed by atoms with Crippen LogP contribution in [0.3, 0.4) is 0 Å². The van der Waals surface area contributed by atoms with Gasteiger partial charge >= 0.3 is 0 Å². The molecule has 0 unspecified atom stereocenters.